The Morgan fingerprint density at radius 3 is 2.71 bits per heavy atom. The summed E-state index contributed by atoms with van der Waals surface area (Å²) >= 11 is 0. The van der Waals surface area contributed by atoms with Gasteiger partial charge in [-0.1, -0.05) is 26.0 Å². The van der Waals surface area contributed by atoms with Gasteiger partial charge in [0.05, 0.1) is 12.8 Å². The third-order valence-corrected chi connectivity index (χ3v) is 5.04. The number of ketones is 1. The molecule has 0 radical (unpaired) electrons. The molecule has 0 saturated heterocycles. The highest BCUT2D eigenvalue weighted by atomic mass is 16.5. The molecule has 2 aromatic rings. The van der Waals surface area contributed by atoms with Gasteiger partial charge in [0.25, 0.3) is 5.91 Å². The number of nitrogens with one attached hydrogen (secondary N) is 1. The van der Waals surface area contributed by atoms with Crippen LogP contribution >= 0.6 is 0 Å². The third-order valence-electron chi connectivity index (χ3n) is 5.04. The molecule has 2 aromatic carbocycles. The fourth-order valence-corrected chi connectivity index (χ4v) is 3.33. The molecule has 1 heterocycles. The highest BCUT2D eigenvalue weighted by Gasteiger charge is 2.17. The van der Waals surface area contributed by atoms with Gasteiger partial charge < -0.3 is 19.7 Å². The number of amides is 1. The van der Waals surface area contributed by atoms with Crippen LogP contribution in [0, 0.1) is 0 Å². The lowest BCUT2D eigenvalue weighted by Crippen LogP contribution is -2.25. The van der Waals surface area contributed by atoms with Gasteiger partial charge in [-0.3, -0.25) is 9.59 Å². The second kappa shape index (κ2) is 12.7. The van der Waals surface area contributed by atoms with E-state index < -0.39 is 0 Å². The van der Waals surface area contributed by atoms with Crippen molar-refractivity contribution in [2.45, 2.75) is 39.5 Å². The molecular formula is C25H34N2O4. The average Bonchev–Trinajstić information content (AvgIpc) is 2.81. The number of nitrogens with zero attached hydrogens (tertiary/aromatic N) is 1. The van der Waals surface area contributed by atoms with Crippen molar-refractivity contribution in [3.63, 3.8) is 0 Å². The number of rotatable bonds is 10. The van der Waals surface area contributed by atoms with Crippen LogP contribution < -0.4 is 14.8 Å². The molecule has 1 aliphatic rings. The molecule has 0 spiro atoms. The van der Waals surface area contributed by atoms with Crippen LogP contribution in [-0.4, -0.2) is 50.4 Å². The maximum Gasteiger partial charge on any atom is 0.262 e. The number of carbonyl (C=O) groups excluding carboxylic acids is 2. The first-order chi connectivity index (χ1) is 15.0. The molecule has 6 nitrogen and oxygen atoms in total. The van der Waals surface area contributed by atoms with Crippen molar-refractivity contribution in [1.82, 2.24) is 4.90 Å². The lowest BCUT2D eigenvalue weighted by Gasteiger charge is -2.18. The van der Waals surface area contributed by atoms with Crippen molar-refractivity contribution in [3.05, 3.63) is 53.6 Å². The number of hydrogen-bond donors (Lipinski definition) is 1. The van der Waals surface area contributed by atoms with E-state index in [1.165, 1.54) is 5.56 Å². The molecular weight excluding hydrogens is 392 g/mol. The minimum Gasteiger partial charge on any atom is -0.497 e. The molecule has 168 valence electrons. The van der Waals surface area contributed by atoms with Crippen molar-refractivity contribution in [3.8, 4) is 11.5 Å². The van der Waals surface area contributed by atoms with E-state index in [4.69, 9.17) is 9.47 Å². The zero-order chi connectivity index (χ0) is 22.6. The van der Waals surface area contributed by atoms with Crippen LogP contribution in [0.2, 0.25) is 0 Å². The Balaban J connectivity index is 0.00000166. The number of fused-ring (bicyclic) bond motifs is 1. The lowest BCUT2D eigenvalue weighted by atomic mass is 10.0. The molecule has 0 unspecified atom stereocenters. The normalized spacial score (nSPS) is 12.2. The number of ether oxygens (including phenoxy) is 2. The van der Waals surface area contributed by atoms with Crippen LogP contribution in [0.25, 0.3) is 0 Å². The fourth-order valence-electron chi connectivity index (χ4n) is 3.33. The Bertz CT molecular complexity index is 866. The summed E-state index contributed by atoms with van der Waals surface area (Å²) in [5.74, 6) is 1.39. The second-order valence-electron chi connectivity index (χ2n) is 7.33. The summed E-state index contributed by atoms with van der Waals surface area (Å²) in [5, 5.41) is 2.74. The smallest absolute Gasteiger partial charge is 0.262 e. The first kappa shape index (κ1) is 24.4. The van der Waals surface area contributed by atoms with Gasteiger partial charge >= 0.3 is 0 Å². The van der Waals surface area contributed by atoms with Gasteiger partial charge in [0, 0.05) is 18.5 Å². The van der Waals surface area contributed by atoms with E-state index in [1.807, 2.05) is 26.0 Å². The van der Waals surface area contributed by atoms with Gasteiger partial charge in [-0.05, 0) is 68.8 Å². The Morgan fingerprint density at radius 1 is 1.13 bits per heavy atom. The van der Waals surface area contributed by atoms with E-state index in [1.54, 1.807) is 25.3 Å². The van der Waals surface area contributed by atoms with E-state index in [2.05, 4.69) is 29.4 Å². The monoisotopic (exact) mass is 426 g/mol. The van der Waals surface area contributed by atoms with Gasteiger partial charge in [-0.25, -0.2) is 0 Å². The molecule has 1 aliphatic heterocycles. The van der Waals surface area contributed by atoms with Crippen LogP contribution in [0.5, 0.6) is 11.5 Å². The summed E-state index contributed by atoms with van der Waals surface area (Å²) in [6.07, 6.45) is 3.26. The third kappa shape index (κ3) is 7.72. The number of Topliss-reactive ketones (excluding diaryl/α,β-unsaturated/α-hetero) is 1. The van der Waals surface area contributed by atoms with Gasteiger partial charge in [0.15, 0.2) is 12.4 Å². The summed E-state index contributed by atoms with van der Waals surface area (Å²) in [6.45, 7) is 5.93. The van der Waals surface area contributed by atoms with Crippen LogP contribution in [-0.2, 0) is 11.2 Å². The fraction of sp³-hybridized carbons (Fsp3) is 0.440. The molecule has 0 aromatic heterocycles. The van der Waals surface area contributed by atoms with Crippen LogP contribution in [0.4, 0.5) is 5.69 Å². The summed E-state index contributed by atoms with van der Waals surface area (Å²) in [6, 6.07) is 13.4. The molecule has 1 amide bonds. The molecule has 0 saturated carbocycles. The van der Waals surface area contributed by atoms with Crippen molar-refractivity contribution < 1.29 is 19.1 Å². The standard InChI is InChI=1S/C23H28N2O4.C2H6/c1-25(13-11-17-6-5-7-19(14-17)28-2)12-4-3-8-21(26)18-9-10-22-20(15-18)24-23(27)16-29-22;1-2/h5-7,9-10,14-15H,3-4,8,11-13,16H2,1-2H3,(H,24,27);1-2H3. The lowest BCUT2D eigenvalue weighted by molar-refractivity contribution is -0.118. The number of benzene rings is 2. The van der Waals surface area contributed by atoms with Crippen molar-refractivity contribution in [2.24, 2.45) is 0 Å². The maximum atomic E-state index is 12.4. The number of likely N-dealkylation sites (N-methyl/N-ethyl adjacent to an activating group) is 1. The molecule has 3 rings (SSSR count). The average molecular weight is 427 g/mol. The van der Waals surface area contributed by atoms with Gasteiger partial charge in [0.2, 0.25) is 0 Å². The van der Waals surface area contributed by atoms with Crippen LogP contribution in [0.1, 0.15) is 49.0 Å². The number of carbonyl (C=O) groups is 2. The zero-order valence-electron chi connectivity index (χ0n) is 19.1. The largest absolute Gasteiger partial charge is 0.497 e. The minimum absolute atomic E-state index is 0.0195. The Labute approximate surface area is 185 Å². The summed E-state index contributed by atoms with van der Waals surface area (Å²) in [7, 11) is 3.79. The maximum absolute atomic E-state index is 12.4. The predicted molar refractivity (Wildman–Crippen MR) is 124 cm³/mol. The number of hydrogen-bond acceptors (Lipinski definition) is 5. The Kier molecular flexibility index (Phi) is 10.0. The zero-order valence-corrected chi connectivity index (χ0v) is 19.1. The van der Waals surface area contributed by atoms with Crippen molar-refractivity contribution in [1.29, 1.82) is 0 Å². The van der Waals surface area contributed by atoms with Crippen LogP contribution in [0.3, 0.4) is 0 Å². The summed E-state index contributed by atoms with van der Waals surface area (Å²) in [4.78, 5) is 26.2. The van der Waals surface area contributed by atoms with E-state index in [9.17, 15) is 9.59 Å². The first-order valence-electron chi connectivity index (χ1n) is 11.0. The van der Waals surface area contributed by atoms with Crippen LogP contribution in [0.15, 0.2) is 42.5 Å². The van der Waals surface area contributed by atoms with E-state index >= 15 is 0 Å². The first-order valence-corrected chi connectivity index (χ1v) is 11.0. The Morgan fingerprint density at radius 2 is 1.94 bits per heavy atom. The number of methoxy groups -OCH3 is 1. The molecule has 0 bridgehead atoms. The van der Waals surface area contributed by atoms with Gasteiger partial charge in [0.1, 0.15) is 11.5 Å². The second-order valence-corrected chi connectivity index (χ2v) is 7.33. The molecule has 1 N–H and O–H groups in total. The number of unbranched alkanes of at least 4 members (excludes halogenated alkanes) is 1. The molecule has 6 heteroatoms. The molecule has 0 aliphatic carbocycles. The molecule has 31 heavy (non-hydrogen) atoms. The van der Waals surface area contributed by atoms with E-state index in [0.29, 0.717) is 23.4 Å². The quantitative estimate of drug-likeness (QED) is 0.445. The number of anilines is 1. The van der Waals surface area contributed by atoms with E-state index in [0.717, 1.165) is 38.1 Å². The highest BCUT2D eigenvalue weighted by Crippen LogP contribution is 2.29. The van der Waals surface area contributed by atoms with Gasteiger partial charge in [-0.2, -0.15) is 0 Å². The van der Waals surface area contributed by atoms with E-state index in [-0.39, 0.29) is 18.3 Å². The Hall–Kier alpha value is -2.86. The van der Waals surface area contributed by atoms with Gasteiger partial charge in [-0.15, -0.1) is 0 Å². The molecule has 0 fully saturated rings. The van der Waals surface area contributed by atoms with Crippen molar-refractivity contribution in [2.75, 3.05) is 39.2 Å². The molecule has 0 atom stereocenters. The van der Waals surface area contributed by atoms with Crippen molar-refractivity contribution >= 4 is 17.4 Å². The topological polar surface area (TPSA) is 67.9 Å². The highest BCUT2D eigenvalue weighted by molar-refractivity contribution is 6.00. The predicted octanol–water partition coefficient (Wildman–Crippen LogP) is 4.58. The summed E-state index contributed by atoms with van der Waals surface area (Å²) in [5.41, 5.74) is 2.44. The minimum atomic E-state index is -0.195. The summed E-state index contributed by atoms with van der Waals surface area (Å²) < 4.78 is 10.6. The SMILES string of the molecule is CC.COc1cccc(CCN(C)CCCCC(=O)c2ccc3c(c2)NC(=O)CO3)c1.